The molecule has 21 heavy (non-hydrogen) atoms. The van der Waals surface area contributed by atoms with Crippen LogP contribution in [0.4, 0.5) is 0 Å². The molecule has 0 spiro atoms. The van der Waals surface area contributed by atoms with Gasteiger partial charge in [0.15, 0.2) is 9.84 Å². The van der Waals surface area contributed by atoms with E-state index < -0.39 is 15.4 Å². The number of carbonyl (C=O) groups excluding carboxylic acids is 1. The van der Waals surface area contributed by atoms with Gasteiger partial charge in [-0.3, -0.25) is 4.79 Å². The number of hydrogen-bond donors (Lipinski definition) is 0. The summed E-state index contributed by atoms with van der Waals surface area (Å²) in [5.41, 5.74) is 0.180. The molecule has 0 unspecified atom stereocenters. The topological polar surface area (TPSA) is 72.3 Å². The van der Waals surface area contributed by atoms with Gasteiger partial charge in [-0.25, -0.2) is 13.4 Å². The van der Waals surface area contributed by atoms with Crippen LogP contribution in [0.3, 0.4) is 0 Å². The van der Waals surface area contributed by atoms with Crippen LogP contribution in [0.1, 0.15) is 19.5 Å². The van der Waals surface area contributed by atoms with Gasteiger partial charge in [-0.2, -0.15) is 0 Å². The van der Waals surface area contributed by atoms with Crippen LogP contribution in [0, 0.1) is 18.8 Å². The molecule has 0 aliphatic carbocycles. The summed E-state index contributed by atoms with van der Waals surface area (Å²) in [5.74, 6) is 0.711. The van der Waals surface area contributed by atoms with E-state index in [0.29, 0.717) is 13.1 Å². The van der Waals surface area contributed by atoms with Crippen LogP contribution in [0.15, 0.2) is 12.5 Å². The molecular weight excluding hydrogens is 290 g/mol. The molecule has 1 amide bonds. The standard InChI is InChI=1S/C14H21N3O3S/c1-10-4-17(9-15-10)14(2,3)13(18)16-5-11-7-21(19,20)8-12(11)6-16/h4,9,11-12H,5-8H2,1-3H3/t11-,12+. The highest BCUT2D eigenvalue weighted by atomic mass is 32.2. The van der Waals surface area contributed by atoms with E-state index in [2.05, 4.69) is 4.98 Å². The van der Waals surface area contributed by atoms with E-state index in [1.165, 1.54) is 0 Å². The average Bonchev–Trinajstić information content (AvgIpc) is 3.00. The van der Waals surface area contributed by atoms with Crippen molar-refractivity contribution >= 4 is 15.7 Å². The Labute approximate surface area is 125 Å². The Kier molecular flexibility index (Phi) is 3.16. The summed E-state index contributed by atoms with van der Waals surface area (Å²) in [4.78, 5) is 18.8. The Hall–Kier alpha value is -1.37. The monoisotopic (exact) mass is 311 g/mol. The minimum atomic E-state index is -2.89. The minimum absolute atomic E-state index is 0.0340. The Morgan fingerprint density at radius 2 is 1.86 bits per heavy atom. The molecule has 0 N–H and O–H groups in total. The SMILES string of the molecule is Cc1cn(C(C)(C)C(=O)N2C[C@@H]3CS(=O)(=O)C[C@@H]3C2)cn1. The van der Waals surface area contributed by atoms with Crippen molar-refractivity contribution in [3.8, 4) is 0 Å². The molecule has 7 heteroatoms. The average molecular weight is 311 g/mol. The smallest absolute Gasteiger partial charge is 0.248 e. The van der Waals surface area contributed by atoms with E-state index in [4.69, 9.17) is 0 Å². The summed E-state index contributed by atoms with van der Waals surface area (Å²) < 4.78 is 25.1. The van der Waals surface area contributed by atoms with Crippen molar-refractivity contribution < 1.29 is 13.2 Å². The molecule has 2 saturated heterocycles. The normalized spacial score (nSPS) is 27.9. The van der Waals surface area contributed by atoms with Crippen LogP contribution in [0.2, 0.25) is 0 Å². The molecule has 6 nitrogen and oxygen atoms in total. The second-order valence-corrected chi connectivity index (χ2v) is 8.94. The highest BCUT2D eigenvalue weighted by Gasteiger charge is 2.47. The van der Waals surface area contributed by atoms with Crippen molar-refractivity contribution in [3.63, 3.8) is 0 Å². The maximum atomic E-state index is 12.8. The fourth-order valence-corrected chi connectivity index (χ4v) is 5.62. The van der Waals surface area contributed by atoms with Crippen molar-refractivity contribution in [2.75, 3.05) is 24.6 Å². The van der Waals surface area contributed by atoms with Gasteiger partial charge in [0, 0.05) is 19.3 Å². The number of rotatable bonds is 2. The Bertz CT molecular complexity index is 657. The van der Waals surface area contributed by atoms with Crippen LogP contribution in [-0.4, -0.2) is 53.4 Å². The second kappa shape index (κ2) is 4.56. The molecule has 2 atom stereocenters. The van der Waals surface area contributed by atoms with Gasteiger partial charge < -0.3 is 9.47 Å². The zero-order valence-electron chi connectivity index (χ0n) is 12.6. The maximum Gasteiger partial charge on any atom is 0.248 e. The largest absolute Gasteiger partial charge is 0.340 e. The Morgan fingerprint density at radius 3 is 2.33 bits per heavy atom. The molecule has 0 radical (unpaired) electrons. The van der Waals surface area contributed by atoms with E-state index in [9.17, 15) is 13.2 Å². The Morgan fingerprint density at radius 1 is 1.29 bits per heavy atom. The number of fused-ring (bicyclic) bond motifs is 1. The fourth-order valence-electron chi connectivity index (χ4n) is 3.43. The predicted molar refractivity (Wildman–Crippen MR) is 78.5 cm³/mol. The molecule has 0 bridgehead atoms. The first-order chi connectivity index (χ1) is 9.69. The summed E-state index contributed by atoms with van der Waals surface area (Å²) in [6, 6.07) is 0. The van der Waals surface area contributed by atoms with Gasteiger partial charge >= 0.3 is 0 Å². The summed E-state index contributed by atoms with van der Waals surface area (Å²) in [6.45, 7) is 6.75. The number of carbonyl (C=O) groups is 1. The molecule has 3 rings (SSSR count). The van der Waals surface area contributed by atoms with Gasteiger partial charge in [-0.05, 0) is 32.6 Å². The second-order valence-electron chi connectivity index (χ2n) is 6.79. The number of nitrogens with zero attached hydrogens (tertiary/aromatic N) is 3. The first kappa shape index (κ1) is 14.6. The lowest BCUT2D eigenvalue weighted by Crippen LogP contribution is -2.46. The van der Waals surface area contributed by atoms with Crippen LogP contribution < -0.4 is 0 Å². The van der Waals surface area contributed by atoms with Gasteiger partial charge in [0.05, 0.1) is 23.5 Å². The number of sulfone groups is 1. The molecule has 2 aliphatic rings. The lowest BCUT2D eigenvalue weighted by atomic mass is 10.0. The van der Waals surface area contributed by atoms with Gasteiger partial charge in [-0.1, -0.05) is 0 Å². The molecule has 2 aliphatic heterocycles. The lowest BCUT2D eigenvalue weighted by Gasteiger charge is -2.30. The van der Waals surface area contributed by atoms with Gasteiger partial charge in [0.25, 0.3) is 0 Å². The molecule has 0 saturated carbocycles. The number of likely N-dealkylation sites (tertiary alicyclic amines) is 1. The van der Waals surface area contributed by atoms with Crippen molar-refractivity contribution in [1.82, 2.24) is 14.5 Å². The summed E-state index contributed by atoms with van der Waals surface area (Å²) in [6.07, 6.45) is 3.54. The molecular formula is C14H21N3O3S. The first-order valence-corrected chi connectivity index (χ1v) is 9.02. The molecule has 3 heterocycles. The van der Waals surface area contributed by atoms with E-state index in [1.807, 2.05) is 36.4 Å². The quantitative estimate of drug-likeness (QED) is 0.794. The van der Waals surface area contributed by atoms with Crippen LogP contribution in [0.5, 0.6) is 0 Å². The van der Waals surface area contributed by atoms with Crippen molar-refractivity contribution in [1.29, 1.82) is 0 Å². The molecule has 2 fully saturated rings. The predicted octanol–water partition coefficient (Wildman–Crippen LogP) is 0.430. The van der Waals surface area contributed by atoms with Gasteiger partial charge in [0.2, 0.25) is 5.91 Å². The van der Waals surface area contributed by atoms with Crippen LogP contribution in [0.25, 0.3) is 0 Å². The van der Waals surface area contributed by atoms with Gasteiger partial charge in [0.1, 0.15) is 5.54 Å². The maximum absolute atomic E-state index is 12.8. The number of aryl methyl sites for hydroxylation is 1. The third kappa shape index (κ3) is 2.47. The van der Waals surface area contributed by atoms with E-state index in [1.54, 1.807) is 6.33 Å². The minimum Gasteiger partial charge on any atom is -0.340 e. The zero-order chi connectivity index (χ0) is 15.4. The third-order valence-corrected chi connectivity index (χ3v) is 6.55. The highest BCUT2D eigenvalue weighted by molar-refractivity contribution is 7.91. The van der Waals surface area contributed by atoms with Crippen LogP contribution in [-0.2, 0) is 20.2 Å². The summed E-state index contributed by atoms with van der Waals surface area (Å²) in [7, 11) is -2.89. The van der Waals surface area contributed by atoms with Gasteiger partial charge in [-0.15, -0.1) is 0 Å². The number of amides is 1. The van der Waals surface area contributed by atoms with E-state index >= 15 is 0 Å². The Balaban J connectivity index is 1.76. The molecule has 0 aromatic carbocycles. The summed E-state index contributed by atoms with van der Waals surface area (Å²) >= 11 is 0. The fraction of sp³-hybridized carbons (Fsp3) is 0.714. The van der Waals surface area contributed by atoms with E-state index in [0.717, 1.165) is 5.69 Å². The molecule has 1 aromatic heterocycles. The van der Waals surface area contributed by atoms with Crippen molar-refractivity contribution in [2.45, 2.75) is 26.3 Å². The first-order valence-electron chi connectivity index (χ1n) is 7.20. The highest BCUT2D eigenvalue weighted by Crippen LogP contribution is 2.34. The molecule has 1 aromatic rings. The lowest BCUT2D eigenvalue weighted by molar-refractivity contribution is -0.138. The van der Waals surface area contributed by atoms with E-state index in [-0.39, 0.29) is 29.2 Å². The molecule has 116 valence electrons. The number of hydrogen-bond acceptors (Lipinski definition) is 4. The number of imidazole rings is 1. The van der Waals surface area contributed by atoms with Crippen molar-refractivity contribution in [2.24, 2.45) is 11.8 Å². The number of aromatic nitrogens is 2. The zero-order valence-corrected chi connectivity index (χ0v) is 13.4. The third-order valence-electron chi connectivity index (χ3n) is 4.68. The van der Waals surface area contributed by atoms with Crippen LogP contribution >= 0.6 is 0 Å². The summed E-state index contributed by atoms with van der Waals surface area (Å²) in [5, 5.41) is 0. The van der Waals surface area contributed by atoms with Crippen molar-refractivity contribution in [3.05, 3.63) is 18.2 Å².